The lowest BCUT2D eigenvalue weighted by atomic mass is 10.2. The van der Waals surface area contributed by atoms with Gasteiger partial charge in [-0.2, -0.15) is 0 Å². The predicted molar refractivity (Wildman–Crippen MR) is 110 cm³/mol. The molecule has 1 aliphatic rings. The number of hydrogen-bond donors (Lipinski definition) is 1. The van der Waals surface area contributed by atoms with Crippen LogP contribution in [0, 0.1) is 0 Å². The lowest BCUT2D eigenvalue weighted by Crippen LogP contribution is -2.39. The number of benzene rings is 2. The Morgan fingerprint density at radius 3 is 2.27 bits per heavy atom. The Morgan fingerprint density at radius 2 is 1.60 bits per heavy atom. The molecule has 0 radical (unpaired) electrons. The van der Waals surface area contributed by atoms with Gasteiger partial charge in [0.1, 0.15) is 18.9 Å². The molecule has 0 aromatic heterocycles. The highest BCUT2D eigenvalue weighted by Crippen LogP contribution is 2.18. The van der Waals surface area contributed by atoms with E-state index < -0.39 is 30.3 Å². The van der Waals surface area contributed by atoms with Gasteiger partial charge in [0.25, 0.3) is 0 Å². The lowest BCUT2D eigenvalue weighted by molar-refractivity contribution is -0.143. The molecule has 0 saturated carbocycles. The lowest BCUT2D eigenvalue weighted by Gasteiger charge is -2.15. The molecule has 8 heteroatoms. The number of nitrogens with one attached hydrogen (secondary N) is 1. The van der Waals surface area contributed by atoms with Crippen LogP contribution in [0.1, 0.15) is 25.3 Å². The van der Waals surface area contributed by atoms with Crippen LogP contribution in [-0.4, -0.2) is 46.6 Å². The van der Waals surface area contributed by atoms with Crippen LogP contribution in [0.5, 0.6) is 5.75 Å². The first-order valence-corrected chi connectivity index (χ1v) is 9.73. The van der Waals surface area contributed by atoms with Crippen molar-refractivity contribution in [2.45, 2.75) is 26.4 Å². The second-order valence-corrected chi connectivity index (χ2v) is 6.83. The van der Waals surface area contributed by atoms with Crippen molar-refractivity contribution >= 4 is 29.4 Å². The van der Waals surface area contributed by atoms with Gasteiger partial charge in [-0.25, -0.2) is 9.69 Å². The smallest absolute Gasteiger partial charge is 0.334 e. The van der Waals surface area contributed by atoms with Crippen LogP contribution >= 0.6 is 0 Å². The third kappa shape index (κ3) is 5.02. The number of nitrogens with zero attached hydrogens (tertiary/aromatic N) is 2. The molecule has 2 aromatic carbocycles. The Balaban J connectivity index is 1.52. The maximum atomic E-state index is 12.3. The van der Waals surface area contributed by atoms with Gasteiger partial charge < -0.3 is 10.1 Å². The van der Waals surface area contributed by atoms with Crippen molar-refractivity contribution in [3.05, 3.63) is 60.2 Å². The number of anilines is 1. The highest BCUT2D eigenvalue weighted by Gasteiger charge is 2.44. The molecule has 30 heavy (non-hydrogen) atoms. The van der Waals surface area contributed by atoms with Crippen LogP contribution in [0.3, 0.4) is 0 Å². The Labute approximate surface area is 174 Å². The molecule has 0 aliphatic carbocycles. The summed E-state index contributed by atoms with van der Waals surface area (Å²) in [5, 5.41) is 2.61. The van der Waals surface area contributed by atoms with Crippen molar-refractivity contribution in [2.75, 3.05) is 18.4 Å². The number of urea groups is 1. The van der Waals surface area contributed by atoms with Crippen LogP contribution in [0.2, 0.25) is 0 Å². The van der Waals surface area contributed by atoms with E-state index in [4.69, 9.17) is 4.74 Å². The molecule has 5 amide bonds. The summed E-state index contributed by atoms with van der Waals surface area (Å²) >= 11 is 0. The molecule has 0 spiro atoms. The standard InChI is InChI=1S/C22H23N3O5/c1-2-3-13-24-20(27)21(28)25(22(24)29)14-19(26)23-17-9-11-18(12-10-17)30-15-16-7-5-4-6-8-16/h4-12H,2-3,13-15H2,1H3,(H,23,26). The summed E-state index contributed by atoms with van der Waals surface area (Å²) in [7, 11) is 0. The molecule has 156 valence electrons. The van der Waals surface area contributed by atoms with Gasteiger partial charge in [-0.05, 0) is 36.2 Å². The van der Waals surface area contributed by atoms with Crippen molar-refractivity contribution < 1.29 is 23.9 Å². The number of imide groups is 2. The molecule has 1 saturated heterocycles. The van der Waals surface area contributed by atoms with Gasteiger partial charge in [0.2, 0.25) is 5.91 Å². The minimum Gasteiger partial charge on any atom is -0.489 e. The molecule has 1 heterocycles. The van der Waals surface area contributed by atoms with Crippen LogP contribution in [0.15, 0.2) is 54.6 Å². The number of rotatable bonds is 9. The summed E-state index contributed by atoms with van der Waals surface area (Å²) in [4.78, 5) is 50.1. The summed E-state index contributed by atoms with van der Waals surface area (Å²) in [6, 6.07) is 15.7. The van der Waals surface area contributed by atoms with Crippen molar-refractivity contribution in [3.63, 3.8) is 0 Å². The van der Waals surface area contributed by atoms with Crippen molar-refractivity contribution in [1.82, 2.24) is 9.80 Å². The third-order valence-corrected chi connectivity index (χ3v) is 4.56. The summed E-state index contributed by atoms with van der Waals surface area (Å²) in [5.41, 5.74) is 1.53. The van der Waals surface area contributed by atoms with Crippen molar-refractivity contribution in [3.8, 4) is 5.75 Å². The predicted octanol–water partition coefficient (Wildman–Crippen LogP) is 2.80. The van der Waals surface area contributed by atoms with Crippen molar-refractivity contribution in [1.29, 1.82) is 0 Å². The van der Waals surface area contributed by atoms with Gasteiger partial charge in [0, 0.05) is 12.2 Å². The van der Waals surface area contributed by atoms with Gasteiger partial charge in [0.05, 0.1) is 0 Å². The van der Waals surface area contributed by atoms with E-state index in [9.17, 15) is 19.2 Å². The topological polar surface area (TPSA) is 96.0 Å². The Hall–Kier alpha value is -3.68. The molecule has 1 N–H and O–H groups in total. The monoisotopic (exact) mass is 409 g/mol. The highest BCUT2D eigenvalue weighted by molar-refractivity contribution is 6.45. The molecule has 0 bridgehead atoms. The van der Waals surface area contributed by atoms with Crippen LogP contribution in [-0.2, 0) is 21.0 Å². The first kappa shape index (κ1) is 21.0. The van der Waals surface area contributed by atoms with Crippen LogP contribution in [0.25, 0.3) is 0 Å². The van der Waals surface area contributed by atoms with E-state index in [0.29, 0.717) is 29.4 Å². The SMILES string of the molecule is CCCCN1C(=O)C(=O)N(CC(=O)Nc2ccc(OCc3ccccc3)cc2)C1=O. The zero-order valence-corrected chi connectivity index (χ0v) is 16.7. The number of unbranched alkanes of at least 4 members (excludes halogenated alkanes) is 1. The fourth-order valence-electron chi connectivity index (χ4n) is 2.92. The minimum atomic E-state index is -0.976. The number of hydrogen-bond acceptors (Lipinski definition) is 5. The fourth-order valence-corrected chi connectivity index (χ4v) is 2.92. The second-order valence-electron chi connectivity index (χ2n) is 6.83. The average Bonchev–Trinajstić information content (AvgIpc) is 2.95. The van der Waals surface area contributed by atoms with Crippen molar-refractivity contribution in [2.24, 2.45) is 0 Å². The van der Waals surface area contributed by atoms with E-state index in [-0.39, 0.29) is 6.54 Å². The normalized spacial score (nSPS) is 13.7. The first-order valence-electron chi connectivity index (χ1n) is 9.73. The molecule has 1 fully saturated rings. The molecule has 0 atom stereocenters. The number of carbonyl (C=O) groups is 4. The summed E-state index contributed by atoms with van der Waals surface area (Å²) in [6.07, 6.45) is 1.38. The van der Waals surface area contributed by atoms with E-state index >= 15 is 0 Å². The third-order valence-electron chi connectivity index (χ3n) is 4.56. The molecule has 3 rings (SSSR count). The Morgan fingerprint density at radius 1 is 0.933 bits per heavy atom. The summed E-state index contributed by atoms with van der Waals surface area (Å²) < 4.78 is 5.69. The van der Waals surface area contributed by atoms with Gasteiger partial charge in [-0.15, -0.1) is 0 Å². The highest BCUT2D eigenvalue weighted by atomic mass is 16.5. The average molecular weight is 409 g/mol. The van der Waals surface area contributed by atoms with E-state index in [2.05, 4.69) is 5.32 Å². The largest absolute Gasteiger partial charge is 0.489 e. The van der Waals surface area contributed by atoms with E-state index in [0.717, 1.165) is 16.9 Å². The summed E-state index contributed by atoms with van der Waals surface area (Å²) in [5.74, 6) is -1.80. The second kappa shape index (κ2) is 9.69. The Bertz CT molecular complexity index is 928. The molecule has 1 aliphatic heterocycles. The molecule has 8 nitrogen and oxygen atoms in total. The zero-order valence-electron chi connectivity index (χ0n) is 16.7. The van der Waals surface area contributed by atoms with Gasteiger partial charge in [-0.1, -0.05) is 43.7 Å². The maximum Gasteiger partial charge on any atom is 0.334 e. The molecular weight excluding hydrogens is 386 g/mol. The maximum absolute atomic E-state index is 12.3. The fraction of sp³-hybridized carbons (Fsp3) is 0.273. The quantitative estimate of drug-likeness (QED) is 0.508. The van der Waals surface area contributed by atoms with E-state index in [1.54, 1.807) is 24.3 Å². The van der Waals surface area contributed by atoms with Crippen LogP contribution in [0.4, 0.5) is 10.5 Å². The zero-order chi connectivity index (χ0) is 21.5. The Kier molecular flexibility index (Phi) is 6.79. The summed E-state index contributed by atoms with van der Waals surface area (Å²) in [6.45, 7) is 1.99. The number of ether oxygens (including phenoxy) is 1. The number of amides is 5. The number of carbonyl (C=O) groups excluding carboxylic acids is 4. The van der Waals surface area contributed by atoms with E-state index in [1.807, 2.05) is 37.3 Å². The van der Waals surface area contributed by atoms with Gasteiger partial charge in [0.15, 0.2) is 0 Å². The molecule has 0 unspecified atom stereocenters. The van der Waals surface area contributed by atoms with Crippen LogP contribution < -0.4 is 10.1 Å². The van der Waals surface area contributed by atoms with E-state index in [1.165, 1.54) is 0 Å². The molecule has 2 aromatic rings. The van der Waals surface area contributed by atoms with Gasteiger partial charge >= 0.3 is 17.8 Å². The van der Waals surface area contributed by atoms with Gasteiger partial charge in [-0.3, -0.25) is 19.3 Å². The molecular formula is C22H23N3O5. The minimum absolute atomic E-state index is 0.169. The first-order chi connectivity index (χ1) is 14.5.